The number of para-hydroxylation sites is 2. The number of hydrogen-bond donors (Lipinski definition) is 2. The average Bonchev–Trinajstić information content (AvgIpc) is 2.98. The maximum absolute atomic E-state index is 12.6. The van der Waals surface area contributed by atoms with Crippen LogP contribution in [0.5, 0.6) is 0 Å². The van der Waals surface area contributed by atoms with Gasteiger partial charge in [-0.25, -0.2) is 17.6 Å². The van der Waals surface area contributed by atoms with Gasteiger partial charge in [0, 0.05) is 18.5 Å². The summed E-state index contributed by atoms with van der Waals surface area (Å²) in [4.78, 5) is 1.17. The predicted molar refractivity (Wildman–Crippen MR) is 94.9 cm³/mol. The van der Waals surface area contributed by atoms with Gasteiger partial charge in [0.15, 0.2) is 0 Å². The van der Waals surface area contributed by atoms with Crippen molar-refractivity contribution in [3.05, 3.63) is 48.5 Å². The Morgan fingerprint density at radius 2 is 1.87 bits per heavy atom. The van der Waals surface area contributed by atoms with Gasteiger partial charge in [-0.15, -0.1) is 0 Å². The molecular formula is C16H19N3O2S2. The van der Waals surface area contributed by atoms with Crippen LogP contribution in [0.3, 0.4) is 0 Å². The van der Waals surface area contributed by atoms with Gasteiger partial charge in [0.1, 0.15) is 4.90 Å². The second-order valence-corrected chi connectivity index (χ2v) is 8.43. The number of nitrogens with zero attached hydrogens (tertiary/aromatic N) is 1. The second kappa shape index (κ2) is 6.43. The number of sulfonamides is 1. The highest BCUT2D eigenvalue weighted by molar-refractivity contribution is 8.01. The first-order valence-electron chi connectivity index (χ1n) is 7.40. The first kappa shape index (κ1) is 16.2. The third kappa shape index (κ3) is 3.46. The third-order valence-corrected chi connectivity index (χ3v) is 5.84. The number of hydrogen-bond acceptors (Lipinski definition) is 5. The van der Waals surface area contributed by atoms with Crippen molar-refractivity contribution in [1.82, 2.24) is 4.72 Å². The lowest BCUT2D eigenvalue weighted by molar-refractivity contribution is 0.560. The Balaban J connectivity index is 1.90. The van der Waals surface area contributed by atoms with E-state index in [9.17, 15) is 8.42 Å². The summed E-state index contributed by atoms with van der Waals surface area (Å²) < 4.78 is 29.7. The number of fused-ring (bicyclic) bond motifs is 1. The lowest BCUT2D eigenvalue weighted by atomic mass is 10.2. The van der Waals surface area contributed by atoms with Crippen LogP contribution in [-0.2, 0) is 10.0 Å². The summed E-state index contributed by atoms with van der Waals surface area (Å²) in [6.45, 7) is 4.37. The van der Waals surface area contributed by atoms with Crippen LogP contribution in [0, 0.1) is 5.92 Å². The minimum Gasteiger partial charge on any atom is -0.285 e. The zero-order valence-electron chi connectivity index (χ0n) is 13.0. The second-order valence-electron chi connectivity index (χ2n) is 5.71. The largest absolute Gasteiger partial charge is 0.285 e. The van der Waals surface area contributed by atoms with E-state index in [0.717, 1.165) is 10.6 Å². The Bertz CT molecular complexity index is 792. The molecule has 1 heterocycles. The van der Waals surface area contributed by atoms with Crippen LogP contribution in [-0.4, -0.2) is 15.0 Å². The molecule has 0 spiro atoms. The van der Waals surface area contributed by atoms with E-state index < -0.39 is 10.0 Å². The molecule has 2 aromatic rings. The molecule has 0 atom stereocenters. The molecule has 0 amide bonds. The van der Waals surface area contributed by atoms with Crippen LogP contribution in [0.15, 0.2) is 58.3 Å². The summed E-state index contributed by atoms with van der Waals surface area (Å²) in [6, 6.07) is 15.1. The SMILES string of the molecule is CC(C)CNS(=O)(=O)c1cccc2c1NN(c1ccccc1)S2. The minimum absolute atomic E-state index is 0.254. The number of anilines is 2. The van der Waals surface area contributed by atoms with Crippen LogP contribution in [0.2, 0.25) is 0 Å². The molecule has 0 bridgehead atoms. The monoisotopic (exact) mass is 349 g/mol. The fourth-order valence-electron chi connectivity index (χ4n) is 2.18. The Morgan fingerprint density at radius 3 is 2.57 bits per heavy atom. The normalized spacial score (nSPS) is 14.0. The van der Waals surface area contributed by atoms with Gasteiger partial charge in [-0.1, -0.05) is 38.1 Å². The molecule has 1 aliphatic rings. The van der Waals surface area contributed by atoms with E-state index in [4.69, 9.17) is 0 Å². The van der Waals surface area contributed by atoms with Gasteiger partial charge in [-0.2, -0.15) is 0 Å². The minimum atomic E-state index is -3.54. The average molecular weight is 349 g/mol. The van der Waals surface area contributed by atoms with Crippen molar-refractivity contribution in [2.75, 3.05) is 16.4 Å². The van der Waals surface area contributed by atoms with E-state index in [1.54, 1.807) is 12.1 Å². The zero-order valence-corrected chi connectivity index (χ0v) is 14.6. The molecule has 0 saturated heterocycles. The summed E-state index contributed by atoms with van der Waals surface area (Å²) >= 11 is 1.47. The number of rotatable bonds is 5. The number of hydrazine groups is 1. The predicted octanol–water partition coefficient (Wildman–Crippen LogP) is 3.48. The van der Waals surface area contributed by atoms with Gasteiger partial charge in [-0.05, 0) is 30.2 Å². The lowest BCUT2D eigenvalue weighted by Gasteiger charge is -2.17. The molecule has 23 heavy (non-hydrogen) atoms. The zero-order chi connectivity index (χ0) is 16.4. The summed E-state index contributed by atoms with van der Waals surface area (Å²) in [6.07, 6.45) is 0. The first-order valence-corrected chi connectivity index (χ1v) is 9.65. The van der Waals surface area contributed by atoms with Crippen molar-refractivity contribution in [3.63, 3.8) is 0 Å². The number of benzene rings is 2. The molecule has 0 radical (unpaired) electrons. The van der Waals surface area contributed by atoms with Gasteiger partial charge in [0.2, 0.25) is 10.0 Å². The van der Waals surface area contributed by atoms with Crippen molar-refractivity contribution in [2.24, 2.45) is 5.92 Å². The molecule has 0 fully saturated rings. The van der Waals surface area contributed by atoms with Gasteiger partial charge in [0.25, 0.3) is 0 Å². The maximum atomic E-state index is 12.6. The fourth-order valence-corrected chi connectivity index (χ4v) is 4.58. The molecule has 122 valence electrons. The molecule has 3 rings (SSSR count). The van der Waals surface area contributed by atoms with Crippen LogP contribution in [0.1, 0.15) is 13.8 Å². The molecule has 0 aliphatic carbocycles. The Labute approximate surface area is 141 Å². The molecule has 0 unspecified atom stereocenters. The van der Waals surface area contributed by atoms with Crippen molar-refractivity contribution in [2.45, 2.75) is 23.6 Å². The highest BCUT2D eigenvalue weighted by atomic mass is 32.2. The van der Waals surface area contributed by atoms with Crippen molar-refractivity contribution < 1.29 is 8.42 Å². The van der Waals surface area contributed by atoms with Crippen LogP contribution in [0.4, 0.5) is 11.4 Å². The fraction of sp³-hybridized carbons (Fsp3) is 0.250. The maximum Gasteiger partial charge on any atom is 0.242 e. The third-order valence-electron chi connectivity index (χ3n) is 3.35. The molecular weight excluding hydrogens is 330 g/mol. The quantitative estimate of drug-likeness (QED) is 0.809. The molecule has 2 aromatic carbocycles. The van der Waals surface area contributed by atoms with Crippen LogP contribution < -0.4 is 14.6 Å². The number of nitrogens with one attached hydrogen (secondary N) is 2. The van der Waals surface area contributed by atoms with Crippen molar-refractivity contribution >= 4 is 33.3 Å². The molecule has 1 aliphatic heterocycles. The summed E-state index contributed by atoms with van der Waals surface area (Å²) in [5.41, 5.74) is 4.78. The van der Waals surface area contributed by atoms with E-state index in [1.807, 2.05) is 54.7 Å². The summed E-state index contributed by atoms with van der Waals surface area (Å²) in [5, 5.41) is 0. The van der Waals surface area contributed by atoms with E-state index in [0.29, 0.717) is 12.2 Å². The van der Waals surface area contributed by atoms with Gasteiger partial charge in [-0.3, -0.25) is 5.43 Å². The first-order chi connectivity index (χ1) is 11.0. The molecule has 7 heteroatoms. The highest BCUT2D eigenvalue weighted by Crippen LogP contribution is 2.43. The standard InChI is InChI=1S/C16H19N3O2S2/c1-12(2)11-17-23(20,21)15-10-6-9-14-16(15)18-19(22-14)13-7-4-3-5-8-13/h3-10,12,17-18H,11H2,1-2H3. The van der Waals surface area contributed by atoms with Crippen LogP contribution >= 0.6 is 11.9 Å². The van der Waals surface area contributed by atoms with Crippen molar-refractivity contribution in [3.8, 4) is 0 Å². The van der Waals surface area contributed by atoms with Gasteiger partial charge >= 0.3 is 0 Å². The molecule has 2 N–H and O–H groups in total. The van der Waals surface area contributed by atoms with E-state index in [2.05, 4.69) is 10.1 Å². The molecule has 5 nitrogen and oxygen atoms in total. The van der Waals surface area contributed by atoms with E-state index in [-0.39, 0.29) is 10.8 Å². The smallest absolute Gasteiger partial charge is 0.242 e. The van der Waals surface area contributed by atoms with E-state index in [1.165, 1.54) is 11.9 Å². The highest BCUT2D eigenvalue weighted by Gasteiger charge is 2.28. The van der Waals surface area contributed by atoms with Crippen LogP contribution in [0.25, 0.3) is 0 Å². The van der Waals surface area contributed by atoms with Crippen molar-refractivity contribution in [1.29, 1.82) is 0 Å². The summed E-state index contributed by atoms with van der Waals surface area (Å²) in [7, 11) is -3.54. The Kier molecular flexibility index (Phi) is 4.52. The Morgan fingerprint density at radius 1 is 1.13 bits per heavy atom. The lowest BCUT2D eigenvalue weighted by Crippen LogP contribution is -2.28. The molecule has 0 saturated carbocycles. The summed E-state index contributed by atoms with van der Waals surface area (Å²) in [5.74, 6) is 0.254. The Hall–Kier alpha value is -1.70. The topological polar surface area (TPSA) is 61.4 Å². The van der Waals surface area contributed by atoms with Gasteiger partial charge in [0.05, 0.1) is 16.3 Å². The van der Waals surface area contributed by atoms with E-state index >= 15 is 0 Å². The molecule has 0 aromatic heterocycles. The van der Waals surface area contributed by atoms with Gasteiger partial charge < -0.3 is 0 Å².